The predicted octanol–water partition coefficient (Wildman–Crippen LogP) is 2.85. The predicted molar refractivity (Wildman–Crippen MR) is 111 cm³/mol. The van der Waals surface area contributed by atoms with Crippen LogP contribution in [-0.4, -0.2) is 62.3 Å². The minimum Gasteiger partial charge on any atom is -0.350 e. The fourth-order valence-electron chi connectivity index (χ4n) is 4.46. The highest BCUT2D eigenvalue weighted by Crippen LogP contribution is 2.26. The van der Waals surface area contributed by atoms with Crippen molar-refractivity contribution in [2.75, 3.05) is 26.7 Å². The Morgan fingerprint density at radius 3 is 2.64 bits per heavy atom. The number of likely N-dealkylation sites (N-methyl/N-ethyl adjacent to an activating group) is 1. The molecule has 1 heterocycles. The second-order valence-corrected chi connectivity index (χ2v) is 9.97. The van der Waals surface area contributed by atoms with E-state index in [2.05, 4.69) is 17.1 Å². The number of rotatable bonds is 7. The van der Waals surface area contributed by atoms with Gasteiger partial charge in [-0.25, -0.2) is 8.42 Å². The Balaban J connectivity index is 1.67. The van der Waals surface area contributed by atoms with E-state index in [1.165, 1.54) is 16.8 Å². The third kappa shape index (κ3) is 4.75. The molecule has 1 amide bonds. The van der Waals surface area contributed by atoms with Crippen LogP contribution in [0.25, 0.3) is 0 Å². The average molecular weight is 408 g/mol. The summed E-state index contributed by atoms with van der Waals surface area (Å²) in [5.74, 6) is -0.208. The second-order valence-electron chi connectivity index (χ2n) is 7.98. The van der Waals surface area contributed by atoms with Gasteiger partial charge in [0.15, 0.2) is 0 Å². The van der Waals surface area contributed by atoms with Crippen LogP contribution in [0, 0.1) is 0 Å². The summed E-state index contributed by atoms with van der Waals surface area (Å²) in [6.07, 6.45) is 7.39. The number of nitrogens with one attached hydrogen (secondary N) is 1. The van der Waals surface area contributed by atoms with Gasteiger partial charge in [0.25, 0.3) is 5.91 Å². The first-order chi connectivity index (χ1) is 13.4. The van der Waals surface area contributed by atoms with Gasteiger partial charge in [-0.2, -0.15) is 4.31 Å². The van der Waals surface area contributed by atoms with Crippen LogP contribution in [0.3, 0.4) is 0 Å². The number of carbonyl (C=O) groups excluding carboxylic acids is 1. The maximum absolute atomic E-state index is 13.0. The van der Waals surface area contributed by atoms with Crippen molar-refractivity contribution in [3.63, 3.8) is 0 Å². The number of likely N-dealkylation sites (tertiary alicyclic amines) is 1. The van der Waals surface area contributed by atoms with E-state index in [1.54, 1.807) is 25.2 Å². The Bertz CT molecular complexity index is 775. The van der Waals surface area contributed by atoms with Gasteiger partial charge in [-0.3, -0.25) is 9.69 Å². The number of benzene rings is 1. The summed E-state index contributed by atoms with van der Waals surface area (Å²) in [6, 6.07) is 6.86. The van der Waals surface area contributed by atoms with E-state index < -0.39 is 10.0 Å². The molecule has 1 unspecified atom stereocenters. The largest absolute Gasteiger partial charge is 0.350 e. The fraction of sp³-hybridized carbons (Fsp3) is 0.667. The van der Waals surface area contributed by atoms with Crippen LogP contribution in [0.15, 0.2) is 29.2 Å². The maximum Gasteiger partial charge on any atom is 0.251 e. The van der Waals surface area contributed by atoms with Crippen LogP contribution in [0.2, 0.25) is 0 Å². The normalized spacial score (nSPS) is 21.9. The Labute approximate surface area is 169 Å². The van der Waals surface area contributed by atoms with Crippen LogP contribution < -0.4 is 5.32 Å². The summed E-state index contributed by atoms with van der Waals surface area (Å²) < 4.78 is 27.6. The minimum absolute atomic E-state index is 0.0543. The maximum atomic E-state index is 13.0. The standard InChI is InChI=1S/C21H33N3O3S/c1-3-24-14-8-12-19(24)16-22-21(25)17-9-7-13-20(15-17)28(26,27)23(2)18-10-5-4-6-11-18/h7,9,13,15,18-19H,3-6,8,10-12,14,16H2,1-2H3,(H,22,25). The van der Waals surface area contributed by atoms with Crippen molar-refractivity contribution in [2.24, 2.45) is 0 Å². The third-order valence-corrected chi connectivity index (χ3v) is 8.17. The van der Waals surface area contributed by atoms with Crippen molar-refractivity contribution in [3.8, 4) is 0 Å². The zero-order valence-corrected chi connectivity index (χ0v) is 17.9. The highest BCUT2D eigenvalue weighted by Gasteiger charge is 2.29. The molecule has 1 saturated carbocycles. The number of hydrogen-bond donors (Lipinski definition) is 1. The summed E-state index contributed by atoms with van der Waals surface area (Å²) in [5, 5.41) is 2.99. The fourth-order valence-corrected chi connectivity index (χ4v) is 5.92. The molecule has 0 bridgehead atoms. The molecule has 2 aliphatic rings. The molecule has 1 N–H and O–H groups in total. The Kier molecular flexibility index (Phi) is 7.12. The summed E-state index contributed by atoms with van der Waals surface area (Å²) >= 11 is 0. The minimum atomic E-state index is -3.59. The first kappa shape index (κ1) is 21.3. The Morgan fingerprint density at radius 1 is 1.18 bits per heavy atom. The van der Waals surface area contributed by atoms with E-state index in [-0.39, 0.29) is 16.8 Å². The van der Waals surface area contributed by atoms with Crippen molar-refractivity contribution in [2.45, 2.75) is 68.8 Å². The van der Waals surface area contributed by atoms with E-state index in [4.69, 9.17) is 0 Å². The SMILES string of the molecule is CCN1CCCC1CNC(=O)c1cccc(S(=O)(=O)N(C)C2CCCCC2)c1. The number of sulfonamides is 1. The topological polar surface area (TPSA) is 69.7 Å². The molecule has 1 aromatic carbocycles. The van der Waals surface area contributed by atoms with Gasteiger partial charge in [0, 0.05) is 31.2 Å². The first-order valence-corrected chi connectivity index (χ1v) is 12.0. The molecule has 6 nitrogen and oxygen atoms in total. The number of hydrogen-bond acceptors (Lipinski definition) is 4. The quantitative estimate of drug-likeness (QED) is 0.755. The highest BCUT2D eigenvalue weighted by molar-refractivity contribution is 7.89. The number of amides is 1. The first-order valence-electron chi connectivity index (χ1n) is 10.5. The molecule has 156 valence electrons. The molecule has 1 aliphatic heterocycles. The number of carbonyl (C=O) groups is 1. The Morgan fingerprint density at radius 2 is 1.93 bits per heavy atom. The second kappa shape index (κ2) is 9.37. The molecular formula is C21H33N3O3S. The van der Waals surface area contributed by atoms with Gasteiger partial charge in [-0.1, -0.05) is 32.3 Å². The van der Waals surface area contributed by atoms with Crippen molar-refractivity contribution in [1.82, 2.24) is 14.5 Å². The molecule has 0 aromatic heterocycles. The van der Waals surface area contributed by atoms with E-state index in [0.29, 0.717) is 18.2 Å². The molecule has 7 heteroatoms. The lowest BCUT2D eigenvalue weighted by Gasteiger charge is -2.30. The van der Waals surface area contributed by atoms with Crippen molar-refractivity contribution < 1.29 is 13.2 Å². The van der Waals surface area contributed by atoms with Crippen LogP contribution >= 0.6 is 0 Å². The summed E-state index contributed by atoms with van der Waals surface area (Å²) in [4.78, 5) is 15.2. The van der Waals surface area contributed by atoms with Gasteiger partial charge in [0.1, 0.15) is 0 Å². The monoisotopic (exact) mass is 407 g/mol. The molecule has 0 spiro atoms. The van der Waals surface area contributed by atoms with Gasteiger partial charge in [0.05, 0.1) is 4.90 Å². The highest BCUT2D eigenvalue weighted by atomic mass is 32.2. The van der Waals surface area contributed by atoms with Gasteiger partial charge in [-0.15, -0.1) is 0 Å². The molecule has 28 heavy (non-hydrogen) atoms. The molecule has 2 fully saturated rings. The molecule has 1 aliphatic carbocycles. The lowest BCUT2D eigenvalue weighted by Crippen LogP contribution is -2.40. The summed E-state index contributed by atoms with van der Waals surface area (Å²) in [6.45, 7) is 4.81. The lowest BCUT2D eigenvalue weighted by atomic mass is 9.96. The van der Waals surface area contributed by atoms with Crippen LogP contribution in [0.5, 0.6) is 0 Å². The average Bonchev–Trinajstić information content (AvgIpc) is 3.19. The van der Waals surface area contributed by atoms with Crippen LogP contribution in [0.1, 0.15) is 62.2 Å². The van der Waals surface area contributed by atoms with Gasteiger partial charge >= 0.3 is 0 Å². The molecule has 0 radical (unpaired) electrons. The van der Waals surface area contributed by atoms with E-state index in [0.717, 1.165) is 51.6 Å². The third-order valence-electron chi connectivity index (χ3n) is 6.27. The van der Waals surface area contributed by atoms with Gasteiger partial charge in [0.2, 0.25) is 10.0 Å². The zero-order chi connectivity index (χ0) is 20.1. The smallest absolute Gasteiger partial charge is 0.251 e. The van der Waals surface area contributed by atoms with E-state index in [1.807, 2.05) is 0 Å². The van der Waals surface area contributed by atoms with Crippen molar-refractivity contribution in [3.05, 3.63) is 29.8 Å². The van der Waals surface area contributed by atoms with E-state index >= 15 is 0 Å². The molecule has 3 rings (SSSR count). The van der Waals surface area contributed by atoms with Crippen molar-refractivity contribution >= 4 is 15.9 Å². The van der Waals surface area contributed by atoms with Crippen LogP contribution in [0.4, 0.5) is 0 Å². The molecule has 1 aromatic rings. The van der Waals surface area contributed by atoms with Crippen molar-refractivity contribution in [1.29, 1.82) is 0 Å². The zero-order valence-electron chi connectivity index (χ0n) is 17.1. The van der Waals surface area contributed by atoms with Gasteiger partial charge < -0.3 is 5.32 Å². The Hall–Kier alpha value is -1.44. The van der Waals surface area contributed by atoms with E-state index in [9.17, 15) is 13.2 Å². The lowest BCUT2D eigenvalue weighted by molar-refractivity contribution is 0.0941. The summed E-state index contributed by atoms with van der Waals surface area (Å²) in [5.41, 5.74) is 0.402. The molecule has 1 atom stereocenters. The molecule has 1 saturated heterocycles. The number of nitrogens with zero attached hydrogens (tertiary/aromatic N) is 2. The molecular weight excluding hydrogens is 374 g/mol. The summed E-state index contributed by atoms with van der Waals surface area (Å²) in [7, 11) is -1.93. The van der Waals surface area contributed by atoms with Gasteiger partial charge in [-0.05, 0) is 57.0 Å². The van der Waals surface area contributed by atoms with Crippen LogP contribution in [-0.2, 0) is 10.0 Å².